The zero-order chi connectivity index (χ0) is 20.1. The predicted molar refractivity (Wildman–Crippen MR) is 114 cm³/mol. The van der Waals surface area contributed by atoms with Gasteiger partial charge in [-0.25, -0.2) is 0 Å². The van der Waals surface area contributed by atoms with Crippen LogP contribution >= 0.6 is 0 Å². The maximum Gasteiger partial charge on any atom is 0.227 e. The minimum absolute atomic E-state index is 0.208. The van der Waals surface area contributed by atoms with E-state index < -0.39 is 0 Å². The van der Waals surface area contributed by atoms with Crippen molar-refractivity contribution in [3.05, 3.63) is 64.7 Å². The van der Waals surface area contributed by atoms with Crippen molar-refractivity contribution in [1.82, 2.24) is 9.80 Å². The average Bonchev–Trinajstić information content (AvgIpc) is 2.68. The third-order valence-corrected chi connectivity index (χ3v) is 5.74. The highest BCUT2D eigenvalue weighted by molar-refractivity contribution is 5.79. The van der Waals surface area contributed by atoms with Gasteiger partial charge in [0.15, 0.2) is 0 Å². The van der Waals surface area contributed by atoms with Crippen LogP contribution in [0.15, 0.2) is 42.5 Å². The molecule has 1 fully saturated rings. The second-order valence-electron chi connectivity index (χ2n) is 8.02. The molecule has 0 spiro atoms. The van der Waals surface area contributed by atoms with E-state index in [1.54, 1.807) is 7.11 Å². The number of piperidine rings is 1. The van der Waals surface area contributed by atoms with E-state index in [9.17, 15) is 4.79 Å². The van der Waals surface area contributed by atoms with Gasteiger partial charge in [-0.3, -0.25) is 4.79 Å². The van der Waals surface area contributed by atoms with Gasteiger partial charge in [-0.1, -0.05) is 42.0 Å². The maximum atomic E-state index is 13.3. The van der Waals surface area contributed by atoms with Gasteiger partial charge in [0.2, 0.25) is 5.91 Å². The summed E-state index contributed by atoms with van der Waals surface area (Å²) in [4.78, 5) is 17.8. The van der Waals surface area contributed by atoms with E-state index in [1.165, 1.54) is 11.1 Å². The molecular formula is C24H32N2O2. The summed E-state index contributed by atoms with van der Waals surface area (Å²) in [6.07, 6.45) is 2.51. The Balaban J connectivity index is 1.77. The number of carbonyl (C=O) groups is 1. The molecule has 3 rings (SSSR count). The summed E-state index contributed by atoms with van der Waals surface area (Å²) in [7, 11) is 3.83. The molecule has 1 saturated heterocycles. The lowest BCUT2D eigenvalue weighted by atomic mass is 10.0. The molecule has 0 radical (unpaired) electrons. The third-order valence-electron chi connectivity index (χ3n) is 5.74. The standard InChI is InChI=1S/C24H32N2O2/c1-18-5-7-20(8-6-18)17-26(22-11-13-25(3)14-12-22)24(27)16-21-9-10-23(28-4)19(2)15-21/h5-10,15,22H,11-14,16-17H2,1-4H3. The molecule has 0 N–H and O–H groups in total. The van der Waals surface area contributed by atoms with Gasteiger partial charge in [0.05, 0.1) is 13.5 Å². The van der Waals surface area contributed by atoms with Crippen LogP contribution in [0.5, 0.6) is 5.75 Å². The minimum atomic E-state index is 0.208. The van der Waals surface area contributed by atoms with Gasteiger partial charge in [0.25, 0.3) is 0 Å². The van der Waals surface area contributed by atoms with Crippen LogP contribution < -0.4 is 4.74 Å². The van der Waals surface area contributed by atoms with E-state index in [-0.39, 0.29) is 5.91 Å². The first-order valence-corrected chi connectivity index (χ1v) is 10.1. The molecule has 150 valence electrons. The van der Waals surface area contributed by atoms with Crippen molar-refractivity contribution in [2.24, 2.45) is 0 Å². The molecule has 0 aliphatic carbocycles. The first kappa shape index (κ1) is 20.4. The highest BCUT2D eigenvalue weighted by Crippen LogP contribution is 2.22. The van der Waals surface area contributed by atoms with E-state index in [1.807, 2.05) is 19.1 Å². The molecule has 1 aliphatic rings. The van der Waals surface area contributed by atoms with Crippen LogP contribution in [-0.2, 0) is 17.8 Å². The van der Waals surface area contributed by atoms with Crippen LogP contribution in [0.25, 0.3) is 0 Å². The second-order valence-corrected chi connectivity index (χ2v) is 8.02. The monoisotopic (exact) mass is 380 g/mol. The lowest BCUT2D eigenvalue weighted by Gasteiger charge is -2.37. The zero-order valence-corrected chi connectivity index (χ0v) is 17.6. The van der Waals surface area contributed by atoms with Gasteiger partial charge in [-0.2, -0.15) is 0 Å². The fraction of sp³-hybridized carbons (Fsp3) is 0.458. The SMILES string of the molecule is COc1ccc(CC(=O)N(Cc2ccc(C)cc2)C2CCN(C)CC2)cc1C. The Morgan fingerprint density at radius 2 is 1.71 bits per heavy atom. The van der Waals surface area contributed by atoms with Crippen molar-refractivity contribution in [3.8, 4) is 5.75 Å². The van der Waals surface area contributed by atoms with Gasteiger partial charge in [-0.15, -0.1) is 0 Å². The maximum absolute atomic E-state index is 13.3. The van der Waals surface area contributed by atoms with Gasteiger partial charge in [0.1, 0.15) is 5.75 Å². The van der Waals surface area contributed by atoms with Gasteiger partial charge in [-0.05, 0) is 69.6 Å². The molecule has 1 heterocycles. The molecule has 2 aromatic rings. The molecule has 0 atom stereocenters. The number of methoxy groups -OCH3 is 1. The second kappa shape index (κ2) is 9.24. The van der Waals surface area contributed by atoms with Gasteiger partial charge >= 0.3 is 0 Å². The number of ether oxygens (including phenoxy) is 1. The van der Waals surface area contributed by atoms with E-state index in [2.05, 4.69) is 54.1 Å². The van der Waals surface area contributed by atoms with Crippen molar-refractivity contribution in [2.75, 3.05) is 27.2 Å². The van der Waals surface area contributed by atoms with Crippen molar-refractivity contribution in [3.63, 3.8) is 0 Å². The minimum Gasteiger partial charge on any atom is -0.496 e. The molecule has 1 aliphatic heterocycles. The number of amides is 1. The van der Waals surface area contributed by atoms with E-state index >= 15 is 0 Å². The number of likely N-dealkylation sites (tertiary alicyclic amines) is 1. The normalized spacial score (nSPS) is 15.4. The fourth-order valence-electron chi connectivity index (χ4n) is 3.94. The van der Waals surface area contributed by atoms with Gasteiger partial charge in [0, 0.05) is 12.6 Å². The summed E-state index contributed by atoms with van der Waals surface area (Å²) >= 11 is 0. The summed E-state index contributed by atoms with van der Waals surface area (Å²) in [6, 6.07) is 14.9. The summed E-state index contributed by atoms with van der Waals surface area (Å²) in [5.74, 6) is 1.07. The van der Waals surface area contributed by atoms with E-state index in [0.29, 0.717) is 19.0 Å². The molecule has 4 heteroatoms. The molecule has 4 nitrogen and oxygen atoms in total. The van der Waals surface area contributed by atoms with Crippen LogP contribution in [0.2, 0.25) is 0 Å². The van der Waals surface area contributed by atoms with Crippen LogP contribution in [0.3, 0.4) is 0 Å². The molecule has 1 amide bonds. The van der Waals surface area contributed by atoms with Crippen LogP contribution in [0.1, 0.15) is 35.1 Å². The third kappa shape index (κ3) is 5.14. The molecule has 0 bridgehead atoms. The number of rotatable bonds is 6. The number of carbonyl (C=O) groups excluding carboxylic acids is 1. The lowest BCUT2D eigenvalue weighted by Crippen LogP contribution is -2.46. The number of nitrogens with zero attached hydrogens (tertiary/aromatic N) is 2. The molecule has 28 heavy (non-hydrogen) atoms. The Labute approximate surface area is 169 Å². The highest BCUT2D eigenvalue weighted by Gasteiger charge is 2.27. The largest absolute Gasteiger partial charge is 0.496 e. The Morgan fingerprint density at radius 1 is 1.07 bits per heavy atom. The van der Waals surface area contributed by atoms with Crippen LogP contribution in [0.4, 0.5) is 0 Å². The van der Waals surface area contributed by atoms with Crippen molar-refractivity contribution < 1.29 is 9.53 Å². The Morgan fingerprint density at radius 3 is 2.32 bits per heavy atom. The lowest BCUT2D eigenvalue weighted by molar-refractivity contribution is -0.134. The van der Waals surface area contributed by atoms with Gasteiger partial charge < -0.3 is 14.5 Å². The predicted octanol–water partition coefficient (Wildman–Crippen LogP) is 3.98. The summed E-state index contributed by atoms with van der Waals surface area (Å²) in [6.45, 7) is 6.89. The molecule has 0 saturated carbocycles. The number of aryl methyl sites for hydroxylation is 2. The van der Waals surface area contributed by atoms with Crippen molar-refractivity contribution in [1.29, 1.82) is 0 Å². The Bertz CT molecular complexity index is 793. The molecule has 2 aromatic carbocycles. The Kier molecular flexibility index (Phi) is 6.74. The number of hydrogen-bond donors (Lipinski definition) is 0. The summed E-state index contributed by atoms with van der Waals surface area (Å²) in [5, 5.41) is 0. The van der Waals surface area contributed by atoms with Crippen LogP contribution in [-0.4, -0.2) is 49.0 Å². The molecule has 0 aromatic heterocycles. The zero-order valence-electron chi connectivity index (χ0n) is 17.6. The summed E-state index contributed by atoms with van der Waals surface area (Å²) < 4.78 is 5.35. The van der Waals surface area contributed by atoms with E-state index in [0.717, 1.165) is 42.8 Å². The van der Waals surface area contributed by atoms with Crippen molar-refractivity contribution >= 4 is 5.91 Å². The highest BCUT2D eigenvalue weighted by atomic mass is 16.5. The number of benzene rings is 2. The van der Waals surface area contributed by atoms with Crippen LogP contribution in [0, 0.1) is 13.8 Å². The molecular weight excluding hydrogens is 348 g/mol. The number of hydrogen-bond acceptors (Lipinski definition) is 3. The fourth-order valence-corrected chi connectivity index (χ4v) is 3.94. The first-order valence-electron chi connectivity index (χ1n) is 10.1. The smallest absolute Gasteiger partial charge is 0.227 e. The molecule has 0 unspecified atom stereocenters. The van der Waals surface area contributed by atoms with Crippen molar-refractivity contribution in [2.45, 2.75) is 45.7 Å². The first-order chi connectivity index (χ1) is 13.5. The Hall–Kier alpha value is -2.33. The quantitative estimate of drug-likeness (QED) is 0.760. The average molecular weight is 381 g/mol. The van der Waals surface area contributed by atoms with E-state index in [4.69, 9.17) is 4.74 Å². The topological polar surface area (TPSA) is 32.8 Å². The summed E-state index contributed by atoms with van der Waals surface area (Å²) in [5.41, 5.74) is 4.56.